The van der Waals surface area contributed by atoms with E-state index in [0.29, 0.717) is 18.9 Å². The van der Waals surface area contributed by atoms with Crippen molar-refractivity contribution in [1.29, 1.82) is 0 Å². The zero-order valence-corrected chi connectivity index (χ0v) is 10.4. The molecular weight excluding hydrogens is 222 g/mol. The molecule has 98 valence electrons. The summed E-state index contributed by atoms with van der Waals surface area (Å²) in [4.78, 5) is 27.6. The van der Waals surface area contributed by atoms with Crippen LogP contribution < -0.4 is 16.5 Å². The van der Waals surface area contributed by atoms with Gasteiger partial charge in [-0.05, 0) is 24.8 Å². The Labute approximate surface area is 101 Å². The fraction of sp³-hybridized carbons (Fsp3) is 0.818. The standard InChI is InChI=1S/C11H21N3O3/c1-7(2)3-8(5-12)4-10(15)13-9-6-17-14-11(9)16/h7-9H,3-6,12H2,1-2H3,(H,13,15)(H,14,16)/t8?,9-/m1/s1. The highest BCUT2D eigenvalue weighted by atomic mass is 16.7. The summed E-state index contributed by atoms with van der Waals surface area (Å²) in [5, 5.41) is 2.64. The van der Waals surface area contributed by atoms with Crippen LogP contribution in [-0.2, 0) is 14.4 Å². The maximum Gasteiger partial charge on any atom is 0.268 e. The molecule has 1 rings (SSSR count). The van der Waals surface area contributed by atoms with Crippen LogP contribution in [0.1, 0.15) is 26.7 Å². The van der Waals surface area contributed by atoms with E-state index in [1.54, 1.807) is 0 Å². The highest BCUT2D eigenvalue weighted by Crippen LogP contribution is 2.14. The smallest absolute Gasteiger partial charge is 0.268 e. The van der Waals surface area contributed by atoms with Crippen LogP contribution in [-0.4, -0.2) is 31.0 Å². The second-order valence-corrected chi connectivity index (χ2v) is 4.83. The predicted molar refractivity (Wildman–Crippen MR) is 62.6 cm³/mol. The number of hydrogen-bond donors (Lipinski definition) is 3. The molecule has 17 heavy (non-hydrogen) atoms. The SMILES string of the molecule is CC(C)CC(CN)CC(=O)N[C@@H]1CONC1=O. The number of hydroxylamine groups is 1. The second-order valence-electron chi connectivity index (χ2n) is 4.83. The summed E-state index contributed by atoms with van der Waals surface area (Å²) >= 11 is 0. The van der Waals surface area contributed by atoms with Crippen LogP contribution in [0.4, 0.5) is 0 Å². The molecule has 6 heteroatoms. The van der Waals surface area contributed by atoms with Gasteiger partial charge in [0.1, 0.15) is 12.6 Å². The van der Waals surface area contributed by atoms with Crippen molar-refractivity contribution in [2.24, 2.45) is 17.6 Å². The van der Waals surface area contributed by atoms with Crippen molar-refractivity contribution >= 4 is 11.8 Å². The van der Waals surface area contributed by atoms with Crippen molar-refractivity contribution in [3.8, 4) is 0 Å². The number of rotatable bonds is 6. The van der Waals surface area contributed by atoms with Crippen LogP contribution in [0.15, 0.2) is 0 Å². The van der Waals surface area contributed by atoms with E-state index in [1.807, 2.05) is 0 Å². The first-order valence-electron chi connectivity index (χ1n) is 5.94. The fourth-order valence-electron chi connectivity index (χ4n) is 1.90. The van der Waals surface area contributed by atoms with Gasteiger partial charge in [0.25, 0.3) is 5.91 Å². The normalized spacial score (nSPS) is 21.4. The minimum atomic E-state index is -0.569. The Hall–Kier alpha value is -1.14. The highest BCUT2D eigenvalue weighted by Gasteiger charge is 2.27. The Morgan fingerprint density at radius 3 is 2.82 bits per heavy atom. The molecule has 6 nitrogen and oxygen atoms in total. The van der Waals surface area contributed by atoms with Crippen molar-refractivity contribution in [2.45, 2.75) is 32.7 Å². The lowest BCUT2D eigenvalue weighted by atomic mass is 9.94. The summed E-state index contributed by atoms with van der Waals surface area (Å²) in [6.45, 7) is 4.86. The van der Waals surface area contributed by atoms with Gasteiger partial charge in [0.2, 0.25) is 5.91 Å². The molecule has 4 N–H and O–H groups in total. The molecule has 0 aromatic rings. The van der Waals surface area contributed by atoms with Crippen molar-refractivity contribution in [2.75, 3.05) is 13.2 Å². The summed E-state index contributed by atoms with van der Waals surface area (Å²) in [6, 6.07) is -0.569. The van der Waals surface area contributed by atoms with Crippen LogP contribution in [0.25, 0.3) is 0 Å². The lowest BCUT2D eigenvalue weighted by Gasteiger charge is -2.17. The van der Waals surface area contributed by atoms with E-state index in [9.17, 15) is 9.59 Å². The predicted octanol–water partition coefficient (Wildman–Crippen LogP) is -0.456. The Morgan fingerprint density at radius 2 is 2.35 bits per heavy atom. The van der Waals surface area contributed by atoms with Gasteiger partial charge < -0.3 is 11.1 Å². The number of nitrogens with one attached hydrogen (secondary N) is 2. The third-order valence-electron chi connectivity index (χ3n) is 2.69. The molecule has 0 saturated carbocycles. The van der Waals surface area contributed by atoms with Crippen molar-refractivity contribution in [1.82, 2.24) is 10.8 Å². The van der Waals surface area contributed by atoms with Gasteiger partial charge in [-0.15, -0.1) is 0 Å². The lowest BCUT2D eigenvalue weighted by molar-refractivity contribution is -0.129. The monoisotopic (exact) mass is 243 g/mol. The molecule has 1 heterocycles. The molecule has 0 aromatic carbocycles. The van der Waals surface area contributed by atoms with E-state index in [-0.39, 0.29) is 24.3 Å². The highest BCUT2D eigenvalue weighted by molar-refractivity contribution is 5.88. The molecule has 0 spiro atoms. The average Bonchev–Trinajstić information content (AvgIpc) is 2.62. The van der Waals surface area contributed by atoms with Gasteiger partial charge in [0.15, 0.2) is 0 Å². The number of carbonyl (C=O) groups excluding carboxylic acids is 2. The number of amides is 2. The molecular formula is C11H21N3O3. The fourth-order valence-corrected chi connectivity index (χ4v) is 1.90. The summed E-state index contributed by atoms with van der Waals surface area (Å²) in [5.74, 6) is 0.230. The largest absolute Gasteiger partial charge is 0.342 e. The minimum absolute atomic E-state index is 0.147. The molecule has 1 fully saturated rings. The number of nitrogens with two attached hydrogens (primary N) is 1. The molecule has 1 unspecified atom stereocenters. The average molecular weight is 243 g/mol. The third-order valence-corrected chi connectivity index (χ3v) is 2.69. The van der Waals surface area contributed by atoms with Gasteiger partial charge in [0, 0.05) is 6.42 Å². The molecule has 1 aliphatic rings. The summed E-state index contributed by atoms with van der Waals surface area (Å²) in [7, 11) is 0. The van der Waals surface area contributed by atoms with Gasteiger partial charge in [-0.1, -0.05) is 13.8 Å². The Kier molecular flexibility index (Phi) is 5.37. The van der Waals surface area contributed by atoms with Gasteiger partial charge >= 0.3 is 0 Å². The molecule has 1 saturated heterocycles. The molecule has 2 atom stereocenters. The number of hydrogen-bond acceptors (Lipinski definition) is 4. The van der Waals surface area contributed by atoms with Crippen LogP contribution in [0.2, 0.25) is 0 Å². The minimum Gasteiger partial charge on any atom is -0.342 e. The van der Waals surface area contributed by atoms with Crippen molar-refractivity contribution in [3.05, 3.63) is 0 Å². The molecule has 0 aromatic heterocycles. The van der Waals surface area contributed by atoms with Gasteiger partial charge in [-0.3, -0.25) is 14.4 Å². The Morgan fingerprint density at radius 1 is 1.65 bits per heavy atom. The Balaban J connectivity index is 2.34. The van der Waals surface area contributed by atoms with Crippen LogP contribution in [0.5, 0.6) is 0 Å². The molecule has 0 aliphatic carbocycles. The first-order chi connectivity index (χ1) is 8.02. The maximum atomic E-state index is 11.7. The topological polar surface area (TPSA) is 93.5 Å². The quantitative estimate of drug-likeness (QED) is 0.588. The van der Waals surface area contributed by atoms with Crippen LogP contribution in [0, 0.1) is 11.8 Å². The van der Waals surface area contributed by atoms with Crippen molar-refractivity contribution in [3.63, 3.8) is 0 Å². The summed E-state index contributed by atoms with van der Waals surface area (Å²) in [6.07, 6.45) is 1.27. The van der Waals surface area contributed by atoms with Gasteiger partial charge in [-0.25, -0.2) is 5.48 Å². The zero-order valence-electron chi connectivity index (χ0n) is 10.4. The van der Waals surface area contributed by atoms with Crippen molar-refractivity contribution < 1.29 is 14.4 Å². The van der Waals surface area contributed by atoms with E-state index in [1.165, 1.54) is 0 Å². The summed E-state index contributed by atoms with van der Waals surface area (Å²) < 4.78 is 0. The zero-order chi connectivity index (χ0) is 12.8. The molecule has 1 aliphatic heterocycles. The maximum absolute atomic E-state index is 11.7. The number of carbonyl (C=O) groups is 2. The lowest BCUT2D eigenvalue weighted by Crippen LogP contribution is -2.42. The van der Waals surface area contributed by atoms with Crippen LogP contribution in [0.3, 0.4) is 0 Å². The third kappa shape index (κ3) is 4.70. The first-order valence-corrected chi connectivity index (χ1v) is 5.94. The van der Waals surface area contributed by atoms with E-state index in [4.69, 9.17) is 10.6 Å². The molecule has 2 amide bonds. The van der Waals surface area contributed by atoms with E-state index in [0.717, 1.165) is 6.42 Å². The Bertz CT molecular complexity index is 281. The van der Waals surface area contributed by atoms with Gasteiger partial charge in [-0.2, -0.15) is 0 Å². The molecule has 0 bridgehead atoms. The van der Waals surface area contributed by atoms with E-state index >= 15 is 0 Å². The molecule has 0 radical (unpaired) electrons. The van der Waals surface area contributed by atoms with Gasteiger partial charge in [0.05, 0.1) is 0 Å². The summed E-state index contributed by atoms with van der Waals surface area (Å²) in [5.41, 5.74) is 7.82. The first kappa shape index (κ1) is 13.9. The van der Waals surface area contributed by atoms with E-state index in [2.05, 4.69) is 24.6 Å². The van der Waals surface area contributed by atoms with Crippen LogP contribution >= 0.6 is 0 Å². The second kappa shape index (κ2) is 6.56. The van der Waals surface area contributed by atoms with E-state index < -0.39 is 6.04 Å².